The van der Waals surface area contributed by atoms with Crippen LogP contribution in [0.15, 0.2) is 0 Å². The summed E-state index contributed by atoms with van der Waals surface area (Å²) in [6, 6.07) is 0. The number of likely N-dealkylation sites (tertiary alicyclic amines) is 1. The Morgan fingerprint density at radius 3 is 2.53 bits per heavy atom. The van der Waals surface area contributed by atoms with Crippen LogP contribution < -0.4 is 0 Å². The second kappa shape index (κ2) is 4.42. The van der Waals surface area contributed by atoms with Gasteiger partial charge in [0, 0.05) is 13.1 Å². The molecule has 1 aliphatic rings. The number of halogens is 1. The van der Waals surface area contributed by atoms with Gasteiger partial charge in [0.15, 0.2) is 0 Å². The summed E-state index contributed by atoms with van der Waals surface area (Å²) in [7, 11) is 0. The second-order valence-corrected chi connectivity index (χ2v) is 7.10. The maximum absolute atomic E-state index is 12.0. The zero-order valence-corrected chi connectivity index (χ0v) is 11.3. The van der Waals surface area contributed by atoms with Crippen molar-refractivity contribution in [2.75, 3.05) is 13.1 Å². The first-order valence-corrected chi connectivity index (χ1v) is 6.22. The minimum absolute atomic E-state index is 0.111. The van der Waals surface area contributed by atoms with Crippen molar-refractivity contribution in [3.05, 3.63) is 0 Å². The quantitative estimate of drug-likeness (QED) is 0.744. The van der Waals surface area contributed by atoms with Crippen LogP contribution in [0.3, 0.4) is 0 Å². The fraction of sp³-hybridized carbons (Fsp3) is 0.909. The number of nitrogens with zero attached hydrogens (tertiary/aromatic N) is 1. The topological polar surface area (TPSA) is 40.5 Å². The molecule has 1 amide bonds. The third kappa shape index (κ3) is 3.76. The highest BCUT2D eigenvalue weighted by atomic mass is 79.9. The van der Waals surface area contributed by atoms with Crippen LogP contribution in [-0.4, -0.2) is 38.9 Å². The van der Waals surface area contributed by atoms with Gasteiger partial charge in [0.1, 0.15) is 0 Å². The van der Waals surface area contributed by atoms with Gasteiger partial charge in [-0.1, -0.05) is 15.9 Å². The van der Waals surface area contributed by atoms with E-state index in [9.17, 15) is 9.90 Å². The van der Waals surface area contributed by atoms with E-state index < -0.39 is 9.93 Å². The molecule has 15 heavy (non-hydrogen) atoms. The molecule has 88 valence electrons. The standard InChI is InChI=1S/C11H20BrNO2/c1-10(2,12)9(14)13-7-4-5-11(3,15)6-8-13/h15H,4-8H2,1-3H3. The minimum atomic E-state index is -0.606. The molecule has 0 aromatic heterocycles. The van der Waals surface area contributed by atoms with E-state index in [0.717, 1.165) is 19.4 Å². The normalized spacial score (nSPS) is 28.7. The summed E-state index contributed by atoms with van der Waals surface area (Å²) >= 11 is 3.38. The number of aliphatic hydroxyl groups is 1. The highest BCUT2D eigenvalue weighted by Gasteiger charge is 2.32. The van der Waals surface area contributed by atoms with Gasteiger partial charge in [0.05, 0.1) is 9.93 Å². The van der Waals surface area contributed by atoms with E-state index in [1.807, 2.05) is 25.7 Å². The lowest BCUT2D eigenvalue weighted by atomic mass is 9.98. The summed E-state index contributed by atoms with van der Waals surface area (Å²) in [6.07, 6.45) is 2.32. The number of alkyl halides is 1. The van der Waals surface area contributed by atoms with Crippen molar-refractivity contribution in [3.8, 4) is 0 Å². The van der Waals surface area contributed by atoms with E-state index >= 15 is 0 Å². The van der Waals surface area contributed by atoms with Crippen molar-refractivity contribution in [3.63, 3.8) is 0 Å². The van der Waals surface area contributed by atoms with Crippen molar-refractivity contribution >= 4 is 21.8 Å². The largest absolute Gasteiger partial charge is 0.390 e. The van der Waals surface area contributed by atoms with E-state index in [2.05, 4.69) is 15.9 Å². The van der Waals surface area contributed by atoms with Crippen LogP contribution in [0.2, 0.25) is 0 Å². The summed E-state index contributed by atoms with van der Waals surface area (Å²) in [4.78, 5) is 13.8. The van der Waals surface area contributed by atoms with Gasteiger partial charge in [-0.3, -0.25) is 4.79 Å². The van der Waals surface area contributed by atoms with E-state index in [1.54, 1.807) is 0 Å². The van der Waals surface area contributed by atoms with Gasteiger partial charge < -0.3 is 10.0 Å². The molecule has 1 saturated heterocycles. The fourth-order valence-electron chi connectivity index (χ4n) is 1.84. The Kier molecular flexibility index (Phi) is 3.82. The molecule has 1 unspecified atom stereocenters. The van der Waals surface area contributed by atoms with Gasteiger partial charge in [0.2, 0.25) is 5.91 Å². The molecule has 0 bridgehead atoms. The van der Waals surface area contributed by atoms with Crippen molar-refractivity contribution in [1.82, 2.24) is 4.90 Å². The summed E-state index contributed by atoms with van der Waals surface area (Å²) in [5, 5.41) is 9.91. The Morgan fingerprint density at radius 2 is 2.00 bits per heavy atom. The monoisotopic (exact) mass is 277 g/mol. The minimum Gasteiger partial charge on any atom is -0.390 e. The maximum Gasteiger partial charge on any atom is 0.238 e. The SMILES string of the molecule is CC1(O)CCCN(C(=O)C(C)(C)Br)CC1. The number of rotatable bonds is 1. The van der Waals surface area contributed by atoms with Crippen LogP contribution in [0.5, 0.6) is 0 Å². The molecule has 0 aromatic rings. The predicted molar refractivity (Wildman–Crippen MR) is 64.1 cm³/mol. The molecule has 1 N–H and O–H groups in total. The lowest BCUT2D eigenvalue weighted by Gasteiger charge is -2.27. The molecule has 4 heteroatoms. The van der Waals surface area contributed by atoms with Crippen molar-refractivity contribution in [1.29, 1.82) is 0 Å². The van der Waals surface area contributed by atoms with Gasteiger partial charge in [-0.2, -0.15) is 0 Å². The molecule has 1 aliphatic heterocycles. The molecule has 0 aliphatic carbocycles. The Morgan fingerprint density at radius 1 is 1.40 bits per heavy atom. The van der Waals surface area contributed by atoms with Crippen molar-refractivity contribution < 1.29 is 9.90 Å². The van der Waals surface area contributed by atoms with E-state index in [-0.39, 0.29) is 5.91 Å². The summed E-state index contributed by atoms with van der Waals surface area (Å²) in [6.45, 7) is 6.97. The molecule has 1 rings (SSSR count). The van der Waals surface area contributed by atoms with Crippen LogP contribution in [0.25, 0.3) is 0 Å². The summed E-state index contributed by atoms with van der Waals surface area (Å²) in [5.74, 6) is 0.111. The zero-order chi connectivity index (χ0) is 11.7. The zero-order valence-electron chi connectivity index (χ0n) is 9.72. The predicted octanol–water partition coefficient (Wildman–Crippen LogP) is 1.92. The third-order valence-corrected chi connectivity index (χ3v) is 3.20. The van der Waals surface area contributed by atoms with Gasteiger partial charge in [-0.15, -0.1) is 0 Å². The Bertz CT molecular complexity index is 245. The first-order valence-electron chi connectivity index (χ1n) is 5.43. The van der Waals surface area contributed by atoms with Crippen LogP contribution in [0.4, 0.5) is 0 Å². The lowest BCUT2D eigenvalue weighted by Crippen LogP contribution is -2.42. The molecule has 1 fully saturated rings. The van der Waals surface area contributed by atoms with Crippen molar-refractivity contribution in [2.45, 2.75) is 50.0 Å². The number of carbonyl (C=O) groups is 1. The summed E-state index contributed by atoms with van der Waals surface area (Å²) in [5.41, 5.74) is -0.606. The fourth-order valence-corrected chi connectivity index (χ4v) is 2.09. The molecule has 0 spiro atoms. The lowest BCUT2D eigenvalue weighted by molar-refractivity contribution is -0.132. The Labute approximate surface area is 100.0 Å². The third-order valence-electron chi connectivity index (χ3n) is 2.86. The Balaban J connectivity index is 2.62. The van der Waals surface area contributed by atoms with E-state index in [0.29, 0.717) is 13.0 Å². The molecular weight excluding hydrogens is 258 g/mol. The molecular formula is C11H20BrNO2. The van der Waals surface area contributed by atoms with E-state index in [4.69, 9.17) is 0 Å². The highest BCUT2D eigenvalue weighted by molar-refractivity contribution is 9.10. The second-order valence-electron chi connectivity index (χ2n) is 5.12. The number of hydrogen-bond donors (Lipinski definition) is 1. The highest BCUT2D eigenvalue weighted by Crippen LogP contribution is 2.25. The first kappa shape index (κ1) is 13.0. The molecule has 3 nitrogen and oxygen atoms in total. The number of carbonyl (C=O) groups excluding carboxylic acids is 1. The van der Waals surface area contributed by atoms with Crippen LogP contribution in [-0.2, 0) is 4.79 Å². The average molecular weight is 278 g/mol. The number of hydrogen-bond acceptors (Lipinski definition) is 2. The maximum atomic E-state index is 12.0. The average Bonchev–Trinajstić information content (AvgIpc) is 2.23. The molecule has 0 saturated carbocycles. The van der Waals surface area contributed by atoms with Crippen LogP contribution >= 0.6 is 15.9 Å². The van der Waals surface area contributed by atoms with Gasteiger partial charge >= 0.3 is 0 Å². The molecule has 1 heterocycles. The van der Waals surface area contributed by atoms with Gasteiger partial charge in [-0.05, 0) is 40.0 Å². The Hall–Kier alpha value is -0.0900. The molecule has 1 atom stereocenters. The number of amides is 1. The molecule has 0 aromatic carbocycles. The molecule has 0 radical (unpaired) electrons. The smallest absolute Gasteiger partial charge is 0.238 e. The summed E-state index contributed by atoms with van der Waals surface area (Å²) < 4.78 is -0.497. The van der Waals surface area contributed by atoms with Gasteiger partial charge in [0.25, 0.3) is 0 Å². The van der Waals surface area contributed by atoms with Gasteiger partial charge in [-0.25, -0.2) is 0 Å². The van der Waals surface area contributed by atoms with Crippen LogP contribution in [0, 0.1) is 0 Å². The van der Waals surface area contributed by atoms with E-state index in [1.165, 1.54) is 0 Å². The van der Waals surface area contributed by atoms with Crippen molar-refractivity contribution in [2.24, 2.45) is 0 Å². The first-order chi connectivity index (χ1) is 6.72. The van der Waals surface area contributed by atoms with Crippen LogP contribution in [0.1, 0.15) is 40.0 Å².